The van der Waals surface area contributed by atoms with Crippen LogP contribution in [0.2, 0.25) is 0 Å². The number of carbonyl (C=O) groups is 1. The molecular weight excluding hydrogens is 495 g/mol. The zero-order valence-electron chi connectivity index (χ0n) is 21.4. The van der Waals surface area contributed by atoms with Gasteiger partial charge in [-0.25, -0.2) is 15.0 Å². The summed E-state index contributed by atoms with van der Waals surface area (Å²) in [4.78, 5) is 29.6. The summed E-state index contributed by atoms with van der Waals surface area (Å²) in [7, 11) is 1.99. The second-order valence-electron chi connectivity index (χ2n) is 9.24. The Bertz CT molecular complexity index is 1400. The highest BCUT2D eigenvalue weighted by molar-refractivity contribution is 6.03. The molecule has 11 heteroatoms. The summed E-state index contributed by atoms with van der Waals surface area (Å²) in [6.45, 7) is 6.69. The Hall–Kier alpha value is -4.01. The minimum atomic E-state index is -4.56. The van der Waals surface area contributed by atoms with Crippen LogP contribution in [-0.4, -0.2) is 63.9 Å². The predicted molar refractivity (Wildman–Crippen MR) is 138 cm³/mol. The number of nitrogen functional groups attached to an aromatic ring is 1. The van der Waals surface area contributed by atoms with E-state index >= 15 is 0 Å². The number of rotatable bonds is 4. The highest BCUT2D eigenvalue weighted by Crippen LogP contribution is 2.34. The second-order valence-corrected chi connectivity index (χ2v) is 9.24. The van der Waals surface area contributed by atoms with E-state index in [4.69, 9.17) is 5.73 Å². The second kappa shape index (κ2) is 11.2. The van der Waals surface area contributed by atoms with Crippen molar-refractivity contribution in [3.63, 3.8) is 0 Å². The van der Waals surface area contributed by atoms with Gasteiger partial charge in [0, 0.05) is 38.4 Å². The molecule has 1 aliphatic heterocycles. The number of nitrogens with zero attached hydrogens (tertiary/aromatic N) is 5. The number of pyridine rings is 1. The zero-order valence-corrected chi connectivity index (χ0v) is 21.4. The smallest absolute Gasteiger partial charge is 0.382 e. The van der Waals surface area contributed by atoms with Gasteiger partial charge in [-0.2, -0.15) is 13.2 Å². The van der Waals surface area contributed by atoms with Crippen LogP contribution in [0, 0.1) is 25.7 Å². The maximum atomic E-state index is 13.9. The fourth-order valence-corrected chi connectivity index (χ4v) is 3.95. The van der Waals surface area contributed by atoms with Crippen LogP contribution in [0.5, 0.6) is 0 Å². The van der Waals surface area contributed by atoms with Crippen molar-refractivity contribution in [1.82, 2.24) is 24.8 Å². The van der Waals surface area contributed by atoms with Crippen molar-refractivity contribution < 1.29 is 18.0 Å². The Labute approximate surface area is 219 Å². The van der Waals surface area contributed by atoms with Crippen LogP contribution in [0.4, 0.5) is 24.7 Å². The van der Waals surface area contributed by atoms with Crippen LogP contribution in [0.25, 0.3) is 0 Å². The summed E-state index contributed by atoms with van der Waals surface area (Å²) in [5.41, 5.74) is 7.14. The van der Waals surface area contributed by atoms with Gasteiger partial charge in [0.05, 0.1) is 17.5 Å². The standard InChI is InChI=1S/C27H28F3N7O/c1-17-4-8-24(35-23(17)9-7-21-15-32-25(31)18(2)33-21)26(38)34-20-6-5-19(22(14-20)27(28,29)30)16-37-12-10-36(3)11-13-37/h4-6,8,14-15H,10-13,16H2,1-3H3,(H2,31,32)(H,34,38). The van der Waals surface area contributed by atoms with E-state index in [2.05, 4.69) is 37.0 Å². The normalized spacial score (nSPS) is 14.6. The number of anilines is 2. The number of carbonyl (C=O) groups excluding carboxylic acids is 1. The molecule has 1 saturated heterocycles. The third-order valence-corrected chi connectivity index (χ3v) is 6.29. The van der Waals surface area contributed by atoms with E-state index in [-0.39, 0.29) is 23.5 Å². The molecule has 3 heterocycles. The minimum absolute atomic E-state index is 0.0227. The monoisotopic (exact) mass is 523 g/mol. The summed E-state index contributed by atoms with van der Waals surface area (Å²) in [5, 5.41) is 2.54. The minimum Gasteiger partial charge on any atom is -0.382 e. The van der Waals surface area contributed by atoms with Crippen molar-refractivity contribution in [3.8, 4) is 11.8 Å². The molecule has 1 aromatic carbocycles. The lowest BCUT2D eigenvalue weighted by molar-refractivity contribution is -0.138. The molecule has 3 aromatic rings. The number of amides is 1. The first-order valence-electron chi connectivity index (χ1n) is 12.0. The number of benzene rings is 1. The van der Waals surface area contributed by atoms with Gasteiger partial charge < -0.3 is 16.0 Å². The molecular formula is C27H28F3N7O. The summed E-state index contributed by atoms with van der Waals surface area (Å²) < 4.78 is 41.7. The zero-order chi connectivity index (χ0) is 27.4. The summed E-state index contributed by atoms with van der Waals surface area (Å²) >= 11 is 0. The van der Waals surface area contributed by atoms with Crippen molar-refractivity contribution in [2.24, 2.45) is 0 Å². The van der Waals surface area contributed by atoms with E-state index in [0.717, 1.165) is 24.7 Å². The van der Waals surface area contributed by atoms with Crippen molar-refractivity contribution in [2.75, 3.05) is 44.3 Å². The number of halogens is 3. The molecule has 1 amide bonds. The first kappa shape index (κ1) is 27.0. The first-order chi connectivity index (χ1) is 18.0. The van der Waals surface area contributed by atoms with Gasteiger partial charge in [-0.3, -0.25) is 9.69 Å². The van der Waals surface area contributed by atoms with E-state index < -0.39 is 17.6 Å². The molecule has 8 nitrogen and oxygen atoms in total. The molecule has 38 heavy (non-hydrogen) atoms. The fourth-order valence-electron chi connectivity index (χ4n) is 3.95. The van der Waals surface area contributed by atoms with Crippen molar-refractivity contribution in [1.29, 1.82) is 0 Å². The summed E-state index contributed by atoms with van der Waals surface area (Å²) in [5.74, 6) is 5.39. The largest absolute Gasteiger partial charge is 0.416 e. The van der Waals surface area contributed by atoms with Crippen molar-refractivity contribution in [2.45, 2.75) is 26.6 Å². The SMILES string of the molecule is Cc1ccc(C(=O)Nc2ccc(CN3CCN(C)CC3)c(C(F)(F)F)c2)nc1C#Cc1cnc(N)c(C)n1. The number of piperazine rings is 1. The number of hydrogen-bond acceptors (Lipinski definition) is 7. The van der Waals surface area contributed by atoms with Crippen LogP contribution in [0.15, 0.2) is 36.5 Å². The predicted octanol–water partition coefficient (Wildman–Crippen LogP) is 3.49. The van der Waals surface area contributed by atoms with Gasteiger partial charge in [-0.15, -0.1) is 0 Å². The molecule has 198 valence electrons. The molecule has 4 rings (SSSR count). The van der Waals surface area contributed by atoms with Gasteiger partial charge >= 0.3 is 6.18 Å². The van der Waals surface area contributed by atoms with Gasteiger partial charge in [0.15, 0.2) is 0 Å². The lowest BCUT2D eigenvalue weighted by Gasteiger charge is -2.33. The molecule has 1 fully saturated rings. The maximum Gasteiger partial charge on any atom is 0.416 e. The fraction of sp³-hybridized carbons (Fsp3) is 0.333. The van der Waals surface area contributed by atoms with E-state index in [1.165, 1.54) is 24.4 Å². The molecule has 3 N–H and O–H groups in total. The Balaban J connectivity index is 1.53. The van der Waals surface area contributed by atoms with Crippen molar-refractivity contribution >= 4 is 17.4 Å². The molecule has 0 radical (unpaired) electrons. The summed E-state index contributed by atoms with van der Waals surface area (Å²) in [6, 6.07) is 7.04. The quantitative estimate of drug-likeness (QED) is 0.505. The topological polar surface area (TPSA) is 100 Å². The highest BCUT2D eigenvalue weighted by atomic mass is 19.4. The van der Waals surface area contributed by atoms with E-state index in [9.17, 15) is 18.0 Å². The molecule has 0 bridgehead atoms. The number of aryl methyl sites for hydroxylation is 2. The molecule has 0 atom stereocenters. The van der Waals surface area contributed by atoms with Gasteiger partial charge in [0.2, 0.25) is 0 Å². The van der Waals surface area contributed by atoms with E-state index in [1.807, 2.05) is 11.9 Å². The highest BCUT2D eigenvalue weighted by Gasteiger charge is 2.34. The van der Waals surface area contributed by atoms with Crippen LogP contribution < -0.4 is 11.1 Å². The van der Waals surface area contributed by atoms with Gasteiger partial charge in [0.25, 0.3) is 5.91 Å². The molecule has 2 aromatic heterocycles. The van der Waals surface area contributed by atoms with Gasteiger partial charge in [0.1, 0.15) is 22.9 Å². The lowest BCUT2D eigenvalue weighted by Crippen LogP contribution is -2.44. The third kappa shape index (κ3) is 6.65. The Morgan fingerprint density at radius 1 is 1.08 bits per heavy atom. The number of nitrogens with two attached hydrogens (primary N) is 1. The first-order valence-corrected chi connectivity index (χ1v) is 12.0. The molecule has 0 saturated carbocycles. The number of hydrogen-bond donors (Lipinski definition) is 2. The molecule has 1 aliphatic rings. The molecule has 0 unspecified atom stereocenters. The van der Waals surface area contributed by atoms with E-state index in [0.29, 0.717) is 36.0 Å². The average molecular weight is 524 g/mol. The van der Waals surface area contributed by atoms with Gasteiger partial charge in [-0.1, -0.05) is 12.1 Å². The average Bonchev–Trinajstić information content (AvgIpc) is 2.87. The number of alkyl halides is 3. The third-order valence-electron chi connectivity index (χ3n) is 6.29. The van der Waals surface area contributed by atoms with E-state index in [1.54, 1.807) is 19.9 Å². The van der Waals surface area contributed by atoms with Gasteiger partial charge in [-0.05, 0) is 62.1 Å². The molecule has 0 aliphatic carbocycles. The van der Waals surface area contributed by atoms with Crippen LogP contribution >= 0.6 is 0 Å². The van der Waals surface area contributed by atoms with Crippen LogP contribution in [-0.2, 0) is 12.7 Å². The number of nitrogens with one attached hydrogen (secondary N) is 1. The lowest BCUT2D eigenvalue weighted by atomic mass is 10.0. The molecule has 0 spiro atoms. The maximum absolute atomic E-state index is 13.9. The van der Waals surface area contributed by atoms with Crippen LogP contribution in [0.1, 0.15) is 44.3 Å². The Kier molecular flexibility index (Phi) is 7.94. The van der Waals surface area contributed by atoms with Crippen LogP contribution in [0.3, 0.4) is 0 Å². The number of aromatic nitrogens is 3. The number of likely N-dealkylation sites (N-methyl/N-ethyl adjacent to an activating group) is 1. The Morgan fingerprint density at radius 2 is 1.82 bits per heavy atom. The Morgan fingerprint density at radius 3 is 2.50 bits per heavy atom. The van der Waals surface area contributed by atoms with Crippen molar-refractivity contribution in [3.05, 3.63) is 76.0 Å². The summed E-state index contributed by atoms with van der Waals surface area (Å²) in [6.07, 6.45) is -3.12.